The van der Waals surface area contributed by atoms with E-state index in [1.54, 1.807) is 16.8 Å². The van der Waals surface area contributed by atoms with Crippen LogP contribution in [0.15, 0.2) is 66.7 Å². The molecule has 0 saturated heterocycles. The van der Waals surface area contributed by atoms with E-state index in [1.165, 1.54) is 6.07 Å². The zero-order valence-electron chi connectivity index (χ0n) is 16.5. The van der Waals surface area contributed by atoms with Gasteiger partial charge in [-0.3, -0.25) is 4.90 Å². The van der Waals surface area contributed by atoms with Crippen LogP contribution in [0, 0.1) is 23.5 Å². The first kappa shape index (κ1) is 19.7. The minimum atomic E-state index is -0.915. The highest BCUT2D eigenvalue weighted by Gasteiger charge is 2.28. The molecule has 3 aromatic rings. The largest absolute Gasteiger partial charge is 0.324 e. The predicted octanol–water partition coefficient (Wildman–Crippen LogP) is 5.13. The lowest BCUT2D eigenvalue weighted by atomic mass is 10.0. The number of hydrogen-bond donors (Lipinski definition) is 0. The molecule has 0 fully saturated rings. The number of carbonyl (C=O) groups is 1. The summed E-state index contributed by atoms with van der Waals surface area (Å²) in [6, 6.07) is 19.3. The summed E-state index contributed by atoms with van der Waals surface area (Å²) in [7, 11) is 1.71. The summed E-state index contributed by atoms with van der Waals surface area (Å²) in [6.07, 6.45) is 0.665. The standard InChI is InChI=1S/C25H20F2N2O/c1-28-24-13-11-19(9-5-8-18-6-3-2-4-7-18)14-21(24)17-29(25(28)30)16-20-10-12-22(26)23(27)15-20/h2-4,6-7,10-15H,8,16-17H2,1H3. The highest BCUT2D eigenvalue weighted by atomic mass is 19.2. The van der Waals surface area contributed by atoms with E-state index in [2.05, 4.69) is 11.8 Å². The van der Waals surface area contributed by atoms with Crippen molar-refractivity contribution in [1.82, 2.24) is 4.90 Å². The summed E-state index contributed by atoms with van der Waals surface area (Å²) < 4.78 is 26.7. The number of urea groups is 1. The van der Waals surface area contributed by atoms with E-state index in [4.69, 9.17) is 0 Å². The van der Waals surface area contributed by atoms with Crippen LogP contribution in [-0.4, -0.2) is 18.0 Å². The molecular formula is C25H20F2N2O. The van der Waals surface area contributed by atoms with Gasteiger partial charge < -0.3 is 4.90 Å². The van der Waals surface area contributed by atoms with E-state index in [-0.39, 0.29) is 12.6 Å². The molecule has 0 atom stereocenters. The Kier molecular flexibility index (Phi) is 5.49. The van der Waals surface area contributed by atoms with E-state index in [9.17, 15) is 13.6 Å². The van der Waals surface area contributed by atoms with Crippen LogP contribution in [0.4, 0.5) is 19.3 Å². The Bertz CT molecular complexity index is 1150. The van der Waals surface area contributed by atoms with E-state index < -0.39 is 11.6 Å². The van der Waals surface area contributed by atoms with Crippen molar-refractivity contribution in [3.63, 3.8) is 0 Å². The summed E-state index contributed by atoms with van der Waals surface area (Å²) in [6.45, 7) is 0.579. The van der Waals surface area contributed by atoms with Gasteiger partial charge in [-0.2, -0.15) is 0 Å². The molecule has 0 aliphatic carbocycles. The Balaban J connectivity index is 1.53. The van der Waals surface area contributed by atoms with E-state index in [0.29, 0.717) is 18.5 Å². The molecule has 1 aliphatic heterocycles. The highest BCUT2D eigenvalue weighted by molar-refractivity contribution is 5.94. The molecular weight excluding hydrogens is 382 g/mol. The quantitative estimate of drug-likeness (QED) is 0.557. The van der Waals surface area contributed by atoms with Gasteiger partial charge >= 0.3 is 6.03 Å². The maximum atomic E-state index is 13.5. The number of amides is 2. The molecule has 3 nitrogen and oxygen atoms in total. The van der Waals surface area contributed by atoms with Gasteiger partial charge in [0, 0.05) is 32.1 Å². The van der Waals surface area contributed by atoms with Gasteiger partial charge in [0.05, 0.1) is 5.69 Å². The molecule has 4 rings (SSSR count). The molecule has 150 valence electrons. The molecule has 1 heterocycles. The SMILES string of the molecule is CN1C(=O)N(Cc2ccc(F)c(F)c2)Cc2cc(C#CCc3ccccc3)ccc21. The monoisotopic (exact) mass is 402 g/mol. The van der Waals surface area contributed by atoms with Crippen molar-refractivity contribution in [2.45, 2.75) is 19.5 Å². The number of fused-ring (bicyclic) bond motifs is 1. The lowest BCUT2D eigenvalue weighted by Gasteiger charge is -2.35. The number of hydrogen-bond acceptors (Lipinski definition) is 1. The average Bonchev–Trinajstić information content (AvgIpc) is 2.75. The van der Waals surface area contributed by atoms with Crippen LogP contribution in [0.3, 0.4) is 0 Å². The normalized spacial score (nSPS) is 13.0. The molecule has 1 aliphatic rings. The van der Waals surface area contributed by atoms with Crippen molar-refractivity contribution in [2.75, 3.05) is 11.9 Å². The van der Waals surface area contributed by atoms with Crippen LogP contribution >= 0.6 is 0 Å². The van der Waals surface area contributed by atoms with Crippen molar-refractivity contribution in [3.05, 3.63) is 101 Å². The van der Waals surface area contributed by atoms with Gasteiger partial charge in [-0.1, -0.05) is 48.2 Å². The number of halogens is 2. The first-order valence-corrected chi connectivity index (χ1v) is 9.63. The minimum absolute atomic E-state index is 0.185. The van der Waals surface area contributed by atoms with Gasteiger partial charge in [0.25, 0.3) is 0 Å². The molecule has 5 heteroatoms. The average molecular weight is 402 g/mol. The molecule has 0 radical (unpaired) electrons. The Morgan fingerprint density at radius 3 is 2.50 bits per heavy atom. The lowest BCUT2D eigenvalue weighted by Crippen LogP contribution is -2.44. The van der Waals surface area contributed by atoms with Crippen LogP contribution in [0.5, 0.6) is 0 Å². The van der Waals surface area contributed by atoms with Crippen molar-refractivity contribution >= 4 is 11.7 Å². The third kappa shape index (κ3) is 4.18. The first-order valence-electron chi connectivity index (χ1n) is 9.63. The Morgan fingerprint density at radius 2 is 1.73 bits per heavy atom. The Labute approximate surface area is 174 Å². The molecule has 0 spiro atoms. The third-order valence-corrected chi connectivity index (χ3v) is 5.09. The molecule has 30 heavy (non-hydrogen) atoms. The van der Waals surface area contributed by atoms with Crippen LogP contribution in [0.2, 0.25) is 0 Å². The van der Waals surface area contributed by atoms with Crippen LogP contribution in [0.25, 0.3) is 0 Å². The number of carbonyl (C=O) groups excluding carboxylic acids is 1. The fraction of sp³-hybridized carbons (Fsp3) is 0.160. The molecule has 0 N–H and O–H groups in total. The molecule has 0 aromatic heterocycles. The van der Waals surface area contributed by atoms with Crippen molar-refractivity contribution in [3.8, 4) is 11.8 Å². The van der Waals surface area contributed by atoms with Crippen LogP contribution in [-0.2, 0) is 19.5 Å². The summed E-state index contributed by atoms with van der Waals surface area (Å²) in [4.78, 5) is 15.9. The zero-order chi connectivity index (χ0) is 21.1. The number of anilines is 1. The first-order chi connectivity index (χ1) is 14.5. The fourth-order valence-corrected chi connectivity index (χ4v) is 3.53. The lowest BCUT2D eigenvalue weighted by molar-refractivity contribution is 0.197. The third-order valence-electron chi connectivity index (χ3n) is 5.09. The van der Waals surface area contributed by atoms with Gasteiger partial charge in [-0.05, 0) is 47.0 Å². The van der Waals surface area contributed by atoms with Gasteiger partial charge in [-0.25, -0.2) is 13.6 Å². The van der Waals surface area contributed by atoms with E-state index in [1.807, 2.05) is 48.5 Å². The summed E-state index contributed by atoms with van der Waals surface area (Å²) in [5.74, 6) is 4.56. The van der Waals surface area contributed by atoms with Crippen molar-refractivity contribution in [1.29, 1.82) is 0 Å². The number of benzene rings is 3. The van der Waals surface area contributed by atoms with Gasteiger partial charge in [0.2, 0.25) is 0 Å². The molecule has 0 unspecified atom stereocenters. The summed E-state index contributed by atoms with van der Waals surface area (Å²) >= 11 is 0. The minimum Gasteiger partial charge on any atom is -0.316 e. The Morgan fingerprint density at radius 1 is 0.933 bits per heavy atom. The number of rotatable bonds is 3. The second-order valence-electron chi connectivity index (χ2n) is 7.25. The van der Waals surface area contributed by atoms with E-state index in [0.717, 1.165) is 34.5 Å². The molecule has 0 bridgehead atoms. The van der Waals surface area contributed by atoms with Crippen LogP contribution in [0.1, 0.15) is 22.3 Å². The smallest absolute Gasteiger partial charge is 0.316 e. The summed E-state index contributed by atoms with van der Waals surface area (Å²) in [5, 5.41) is 0. The van der Waals surface area contributed by atoms with E-state index >= 15 is 0 Å². The van der Waals surface area contributed by atoms with Gasteiger partial charge in [0.15, 0.2) is 11.6 Å². The highest BCUT2D eigenvalue weighted by Crippen LogP contribution is 2.29. The van der Waals surface area contributed by atoms with Gasteiger partial charge in [0.1, 0.15) is 0 Å². The van der Waals surface area contributed by atoms with Crippen LogP contribution < -0.4 is 4.90 Å². The molecule has 3 aromatic carbocycles. The zero-order valence-corrected chi connectivity index (χ0v) is 16.5. The predicted molar refractivity (Wildman–Crippen MR) is 113 cm³/mol. The van der Waals surface area contributed by atoms with Gasteiger partial charge in [-0.15, -0.1) is 0 Å². The second kappa shape index (κ2) is 8.38. The second-order valence-corrected chi connectivity index (χ2v) is 7.25. The topological polar surface area (TPSA) is 23.6 Å². The van der Waals surface area contributed by atoms with Crippen molar-refractivity contribution < 1.29 is 13.6 Å². The van der Waals surface area contributed by atoms with Crippen molar-refractivity contribution in [2.24, 2.45) is 0 Å². The number of nitrogens with zero attached hydrogens (tertiary/aromatic N) is 2. The maximum absolute atomic E-state index is 13.5. The molecule has 0 saturated carbocycles. The fourth-order valence-electron chi connectivity index (χ4n) is 3.53. The maximum Gasteiger partial charge on any atom is 0.324 e. The summed E-state index contributed by atoms with van der Waals surface area (Å²) in [5.41, 5.74) is 4.37. The Hall–Kier alpha value is -3.65. The molecule has 2 amide bonds.